The number of amides is 3. The first-order valence-electron chi connectivity index (χ1n) is 10.7. The molecule has 11 nitrogen and oxygen atoms in total. The van der Waals surface area contributed by atoms with Crippen LogP contribution in [-0.4, -0.2) is 56.1 Å². The molecule has 0 bridgehead atoms. The molecule has 11 heteroatoms. The van der Waals surface area contributed by atoms with Gasteiger partial charge < -0.3 is 30.6 Å². The molecule has 0 heterocycles. The van der Waals surface area contributed by atoms with E-state index in [1.807, 2.05) is 19.9 Å². The zero-order valence-electron chi connectivity index (χ0n) is 20.0. The van der Waals surface area contributed by atoms with Gasteiger partial charge in [0.2, 0.25) is 11.8 Å². The molecular weight excluding hydrogens is 446 g/mol. The molecule has 0 unspecified atom stereocenters. The summed E-state index contributed by atoms with van der Waals surface area (Å²) >= 11 is 0. The Labute approximate surface area is 198 Å². The summed E-state index contributed by atoms with van der Waals surface area (Å²) in [4.78, 5) is 61.6. The Bertz CT molecular complexity index is 843. The van der Waals surface area contributed by atoms with Crippen molar-refractivity contribution in [1.82, 2.24) is 10.6 Å². The SMILES string of the molecule is COC(=O)C(C(=O)OC)[C@H](C)[C@H](NC(=O)[C@H](CC(C)C)NC(=O)OCc1ccccc1)C(N)=O. The summed E-state index contributed by atoms with van der Waals surface area (Å²) in [5.74, 6) is -6.19. The molecule has 1 aromatic carbocycles. The molecule has 3 amide bonds. The molecule has 188 valence electrons. The predicted molar refractivity (Wildman–Crippen MR) is 121 cm³/mol. The van der Waals surface area contributed by atoms with Gasteiger partial charge in [0.05, 0.1) is 14.2 Å². The molecule has 0 radical (unpaired) electrons. The van der Waals surface area contributed by atoms with Crippen LogP contribution in [0, 0.1) is 17.8 Å². The second-order valence-electron chi connectivity index (χ2n) is 8.16. The normalized spacial score (nSPS) is 13.4. The maximum atomic E-state index is 13.0. The number of benzene rings is 1. The van der Waals surface area contributed by atoms with Gasteiger partial charge in [-0.1, -0.05) is 51.1 Å². The number of methoxy groups -OCH3 is 2. The predicted octanol–water partition coefficient (Wildman–Crippen LogP) is 0.896. The molecule has 1 aromatic rings. The van der Waals surface area contributed by atoms with E-state index in [9.17, 15) is 24.0 Å². The first-order chi connectivity index (χ1) is 16.0. The largest absolute Gasteiger partial charge is 0.468 e. The standard InChI is InChI=1S/C23H33N3O8/c1-13(2)11-16(25-23(31)34-12-15-9-7-6-8-10-15)20(28)26-18(19(24)27)14(3)17(21(29)32-4)22(30)33-5/h6-10,13-14,16-18H,11-12H2,1-5H3,(H2,24,27)(H,25,31)(H,26,28)/t14-,16-,18-/m0/s1. The summed E-state index contributed by atoms with van der Waals surface area (Å²) in [7, 11) is 2.15. The van der Waals surface area contributed by atoms with Crippen LogP contribution in [0.2, 0.25) is 0 Å². The molecular formula is C23H33N3O8. The molecule has 1 rings (SSSR count). The lowest BCUT2D eigenvalue weighted by Crippen LogP contribution is -2.57. The minimum Gasteiger partial charge on any atom is -0.468 e. The maximum absolute atomic E-state index is 13.0. The van der Waals surface area contributed by atoms with Crippen LogP contribution in [0.1, 0.15) is 32.8 Å². The highest BCUT2D eigenvalue weighted by molar-refractivity contribution is 5.97. The van der Waals surface area contributed by atoms with E-state index in [0.29, 0.717) is 0 Å². The molecule has 0 aliphatic rings. The van der Waals surface area contributed by atoms with Crippen molar-refractivity contribution >= 4 is 29.8 Å². The van der Waals surface area contributed by atoms with E-state index in [2.05, 4.69) is 20.1 Å². The molecule has 3 atom stereocenters. The Balaban J connectivity index is 2.97. The number of primary amides is 1. The monoisotopic (exact) mass is 479 g/mol. The molecule has 0 spiro atoms. The molecule has 34 heavy (non-hydrogen) atoms. The Hall–Kier alpha value is -3.63. The third kappa shape index (κ3) is 8.72. The number of nitrogens with one attached hydrogen (secondary N) is 2. The van der Waals surface area contributed by atoms with Gasteiger partial charge in [-0.15, -0.1) is 0 Å². The fraction of sp³-hybridized carbons (Fsp3) is 0.522. The summed E-state index contributed by atoms with van der Waals surface area (Å²) in [5.41, 5.74) is 6.22. The number of rotatable bonds is 12. The van der Waals surface area contributed by atoms with Gasteiger partial charge in [-0.05, 0) is 17.9 Å². The average molecular weight is 480 g/mol. The van der Waals surface area contributed by atoms with Crippen molar-refractivity contribution in [3.8, 4) is 0 Å². The third-order valence-electron chi connectivity index (χ3n) is 5.09. The first kappa shape index (κ1) is 28.4. The van der Waals surface area contributed by atoms with E-state index in [1.165, 1.54) is 6.92 Å². The molecule has 0 aliphatic carbocycles. The summed E-state index contributed by atoms with van der Waals surface area (Å²) in [6.07, 6.45) is -0.598. The minimum atomic E-state index is -1.50. The second kappa shape index (κ2) is 13.8. The van der Waals surface area contributed by atoms with E-state index in [4.69, 9.17) is 10.5 Å². The molecule has 0 saturated heterocycles. The Morgan fingerprint density at radius 2 is 1.47 bits per heavy atom. The Kier molecular flexibility index (Phi) is 11.5. The number of hydrogen-bond donors (Lipinski definition) is 3. The Morgan fingerprint density at radius 3 is 1.94 bits per heavy atom. The van der Waals surface area contributed by atoms with Crippen molar-refractivity contribution in [3.05, 3.63) is 35.9 Å². The molecule has 0 fully saturated rings. The Morgan fingerprint density at radius 1 is 0.912 bits per heavy atom. The van der Waals surface area contributed by atoms with Crippen molar-refractivity contribution in [1.29, 1.82) is 0 Å². The summed E-state index contributed by atoms with van der Waals surface area (Å²) in [5, 5.41) is 4.93. The minimum absolute atomic E-state index is 0.00355. The van der Waals surface area contributed by atoms with E-state index in [1.54, 1.807) is 24.3 Å². The van der Waals surface area contributed by atoms with Gasteiger partial charge in [-0.25, -0.2) is 4.79 Å². The highest BCUT2D eigenvalue weighted by Crippen LogP contribution is 2.20. The maximum Gasteiger partial charge on any atom is 0.408 e. The zero-order valence-corrected chi connectivity index (χ0v) is 20.0. The van der Waals surface area contributed by atoms with Crippen molar-refractivity contribution in [2.45, 2.75) is 45.9 Å². The number of hydrogen-bond acceptors (Lipinski definition) is 8. The van der Waals surface area contributed by atoms with Crippen LogP contribution in [0.4, 0.5) is 4.79 Å². The fourth-order valence-corrected chi connectivity index (χ4v) is 3.30. The zero-order chi connectivity index (χ0) is 25.8. The lowest BCUT2D eigenvalue weighted by molar-refractivity contribution is -0.162. The van der Waals surface area contributed by atoms with Gasteiger partial charge in [0.1, 0.15) is 18.7 Å². The van der Waals surface area contributed by atoms with Crippen LogP contribution in [0.3, 0.4) is 0 Å². The number of carbonyl (C=O) groups is 5. The van der Waals surface area contributed by atoms with Crippen LogP contribution >= 0.6 is 0 Å². The van der Waals surface area contributed by atoms with Crippen LogP contribution in [0.25, 0.3) is 0 Å². The van der Waals surface area contributed by atoms with Crippen molar-refractivity contribution in [2.24, 2.45) is 23.5 Å². The lowest BCUT2D eigenvalue weighted by Gasteiger charge is -2.28. The number of nitrogens with two attached hydrogens (primary N) is 1. The van der Waals surface area contributed by atoms with E-state index in [0.717, 1.165) is 19.8 Å². The molecule has 4 N–H and O–H groups in total. The second-order valence-corrected chi connectivity index (χ2v) is 8.16. The number of carbonyl (C=O) groups excluding carboxylic acids is 5. The topological polar surface area (TPSA) is 163 Å². The number of alkyl carbamates (subject to hydrolysis) is 1. The van der Waals surface area contributed by atoms with Gasteiger partial charge in [0.25, 0.3) is 0 Å². The molecule has 0 aromatic heterocycles. The molecule has 0 aliphatic heterocycles. The summed E-state index contributed by atoms with van der Waals surface area (Å²) in [6, 6.07) is 6.50. The smallest absolute Gasteiger partial charge is 0.408 e. The van der Waals surface area contributed by atoms with Crippen LogP contribution in [0.15, 0.2) is 30.3 Å². The van der Waals surface area contributed by atoms with Crippen molar-refractivity contribution in [2.75, 3.05) is 14.2 Å². The number of ether oxygens (including phenoxy) is 3. The highest BCUT2D eigenvalue weighted by atomic mass is 16.6. The molecule has 0 saturated carbocycles. The van der Waals surface area contributed by atoms with Gasteiger partial charge in [-0.3, -0.25) is 19.2 Å². The summed E-state index contributed by atoms with van der Waals surface area (Å²) < 4.78 is 14.4. The first-order valence-corrected chi connectivity index (χ1v) is 10.7. The van der Waals surface area contributed by atoms with Crippen LogP contribution in [-0.2, 0) is 40.0 Å². The third-order valence-corrected chi connectivity index (χ3v) is 5.09. The average Bonchev–Trinajstić information content (AvgIpc) is 2.80. The van der Waals surface area contributed by atoms with E-state index < -0.39 is 53.8 Å². The van der Waals surface area contributed by atoms with Gasteiger partial charge in [0, 0.05) is 5.92 Å². The highest BCUT2D eigenvalue weighted by Gasteiger charge is 2.42. The van der Waals surface area contributed by atoms with Crippen LogP contribution < -0.4 is 16.4 Å². The fourth-order valence-electron chi connectivity index (χ4n) is 3.30. The van der Waals surface area contributed by atoms with Gasteiger partial charge >= 0.3 is 18.0 Å². The quantitative estimate of drug-likeness (QED) is 0.226. The van der Waals surface area contributed by atoms with Crippen molar-refractivity contribution < 1.29 is 38.2 Å². The lowest BCUT2D eigenvalue weighted by atomic mass is 9.86. The number of esters is 2. The van der Waals surface area contributed by atoms with E-state index >= 15 is 0 Å². The van der Waals surface area contributed by atoms with Gasteiger partial charge in [0.15, 0.2) is 5.92 Å². The van der Waals surface area contributed by atoms with Crippen LogP contribution in [0.5, 0.6) is 0 Å². The van der Waals surface area contributed by atoms with Gasteiger partial charge in [-0.2, -0.15) is 0 Å². The van der Waals surface area contributed by atoms with Crippen molar-refractivity contribution in [3.63, 3.8) is 0 Å². The summed E-state index contributed by atoms with van der Waals surface area (Å²) in [6.45, 7) is 5.07. The van der Waals surface area contributed by atoms with E-state index in [-0.39, 0.29) is 18.9 Å².